The van der Waals surface area contributed by atoms with Crippen molar-refractivity contribution in [1.82, 2.24) is 9.80 Å². The molecule has 1 aromatic carbocycles. The lowest BCUT2D eigenvalue weighted by atomic mass is 9.68. The largest absolute Gasteiger partial charge is 0.299 e. The van der Waals surface area contributed by atoms with Crippen LogP contribution in [0.3, 0.4) is 0 Å². The van der Waals surface area contributed by atoms with Gasteiger partial charge in [0.1, 0.15) is 0 Å². The molecule has 3 heterocycles. The first-order chi connectivity index (χ1) is 11.9. The van der Waals surface area contributed by atoms with Crippen LogP contribution in [-0.4, -0.2) is 41.5 Å². The van der Waals surface area contributed by atoms with E-state index in [2.05, 4.69) is 46.2 Å². The molecule has 3 fully saturated rings. The van der Waals surface area contributed by atoms with Gasteiger partial charge in [0.15, 0.2) is 0 Å². The molecule has 2 nitrogen and oxygen atoms in total. The minimum absolute atomic E-state index is 0.720. The second-order valence-electron chi connectivity index (χ2n) is 8.46. The fourth-order valence-corrected chi connectivity index (χ4v) is 6.08. The molecule has 5 rings (SSSR count). The summed E-state index contributed by atoms with van der Waals surface area (Å²) in [6.07, 6.45) is 11.2. The molecule has 0 unspecified atom stereocenters. The van der Waals surface area contributed by atoms with Crippen molar-refractivity contribution in [3.63, 3.8) is 0 Å². The summed E-state index contributed by atoms with van der Waals surface area (Å²) in [4.78, 5) is 5.65. The maximum Gasteiger partial charge on any atom is 0.0351 e. The van der Waals surface area contributed by atoms with Gasteiger partial charge in [0.25, 0.3) is 0 Å². The molecule has 1 aromatic rings. The SMILES string of the molecule is C1=C2CCCN(Cc3ccccc3)[C@@H]2[C@H]2C[C@H]1[C@H]1CCCCN1C2. The van der Waals surface area contributed by atoms with Crippen LogP contribution in [0.25, 0.3) is 0 Å². The Kier molecular flexibility index (Phi) is 3.99. The molecule has 2 heteroatoms. The van der Waals surface area contributed by atoms with E-state index in [9.17, 15) is 0 Å². The number of nitrogens with zero attached hydrogens (tertiary/aromatic N) is 2. The number of hydrogen-bond donors (Lipinski definition) is 0. The van der Waals surface area contributed by atoms with Gasteiger partial charge >= 0.3 is 0 Å². The molecular weight excluding hydrogens is 292 g/mol. The lowest BCUT2D eigenvalue weighted by Crippen LogP contribution is -2.58. The predicted molar refractivity (Wildman–Crippen MR) is 98.8 cm³/mol. The number of fused-ring (bicyclic) bond motifs is 6. The first-order valence-electron chi connectivity index (χ1n) is 10.1. The van der Waals surface area contributed by atoms with Gasteiger partial charge in [0.05, 0.1) is 0 Å². The first-order valence-corrected chi connectivity index (χ1v) is 10.1. The molecule has 0 spiro atoms. The minimum atomic E-state index is 0.720. The number of piperidine rings is 3. The Bertz CT molecular complexity index is 608. The molecule has 3 saturated heterocycles. The van der Waals surface area contributed by atoms with Crippen molar-refractivity contribution >= 4 is 0 Å². The first kappa shape index (κ1) is 15.2. The zero-order valence-electron chi connectivity index (χ0n) is 14.7. The Morgan fingerprint density at radius 1 is 1.00 bits per heavy atom. The number of likely N-dealkylation sites (tertiary alicyclic amines) is 1. The van der Waals surface area contributed by atoms with Crippen molar-refractivity contribution < 1.29 is 0 Å². The maximum atomic E-state index is 2.85. The smallest absolute Gasteiger partial charge is 0.0351 e. The maximum absolute atomic E-state index is 2.85. The summed E-state index contributed by atoms with van der Waals surface area (Å²) in [5, 5.41) is 0. The summed E-state index contributed by atoms with van der Waals surface area (Å²) < 4.78 is 0. The Balaban J connectivity index is 1.42. The summed E-state index contributed by atoms with van der Waals surface area (Å²) in [7, 11) is 0. The molecule has 0 saturated carbocycles. The Morgan fingerprint density at radius 2 is 1.92 bits per heavy atom. The van der Waals surface area contributed by atoms with Crippen molar-refractivity contribution in [2.45, 2.75) is 57.2 Å². The molecule has 1 aliphatic carbocycles. The second-order valence-corrected chi connectivity index (χ2v) is 8.46. The lowest BCUT2D eigenvalue weighted by Gasteiger charge is -2.54. The number of benzene rings is 1. The Labute approximate surface area is 146 Å². The normalized spacial score (nSPS) is 36.6. The van der Waals surface area contributed by atoms with Gasteiger partial charge in [-0.05, 0) is 62.6 Å². The standard InChI is InChI=1S/C22H30N2/c1-2-7-17(8-3-1)15-24-12-6-9-18-13-19-14-20(22(18)24)16-23-11-5-4-10-21(19)23/h1-3,7-8,13,19-22H,4-6,9-12,14-16H2/t19-,20-,21+,22-/m0/s1. The molecule has 4 aliphatic rings. The van der Waals surface area contributed by atoms with Gasteiger partial charge in [-0.3, -0.25) is 9.80 Å². The van der Waals surface area contributed by atoms with Crippen molar-refractivity contribution in [1.29, 1.82) is 0 Å². The zero-order chi connectivity index (χ0) is 15.9. The average Bonchev–Trinajstić information content (AvgIpc) is 2.63. The van der Waals surface area contributed by atoms with Crippen LogP contribution in [-0.2, 0) is 6.54 Å². The van der Waals surface area contributed by atoms with Crippen LogP contribution in [0.4, 0.5) is 0 Å². The van der Waals surface area contributed by atoms with Crippen molar-refractivity contribution in [2.75, 3.05) is 19.6 Å². The summed E-state index contributed by atoms with van der Waals surface area (Å²) in [5.74, 6) is 1.72. The molecular formula is C22H30N2. The van der Waals surface area contributed by atoms with Gasteiger partial charge in [-0.25, -0.2) is 0 Å². The van der Waals surface area contributed by atoms with Crippen molar-refractivity contribution in [2.24, 2.45) is 11.8 Å². The quantitative estimate of drug-likeness (QED) is 0.757. The highest BCUT2D eigenvalue weighted by atomic mass is 15.2. The molecule has 24 heavy (non-hydrogen) atoms. The molecule has 4 atom stereocenters. The van der Waals surface area contributed by atoms with Gasteiger partial charge in [-0.15, -0.1) is 0 Å². The van der Waals surface area contributed by atoms with Crippen LogP contribution in [0.2, 0.25) is 0 Å². The van der Waals surface area contributed by atoms with E-state index >= 15 is 0 Å². The van der Waals surface area contributed by atoms with Crippen LogP contribution in [0.5, 0.6) is 0 Å². The number of rotatable bonds is 2. The van der Waals surface area contributed by atoms with E-state index in [1.165, 1.54) is 63.7 Å². The monoisotopic (exact) mass is 322 g/mol. The fraction of sp³-hybridized carbons (Fsp3) is 0.636. The Morgan fingerprint density at radius 3 is 2.83 bits per heavy atom. The van der Waals surface area contributed by atoms with E-state index < -0.39 is 0 Å². The number of hydrogen-bond acceptors (Lipinski definition) is 2. The van der Waals surface area contributed by atoms with E-state index in [0.29, 0.717) is 0 Å². The fourth-order valence-electron chi connectivity index (χ4n) is 6.08. The summed E-state index contributed by atoms with van der Waals surface area (Å²) in [6.45, 7) is 5.12. The highest BCUT2D eigenvalue weighted by molar-refractivity contribution is 5.25. The van der Waals surface area contributed by atoms with Crippen molar-refractivity contribution in [3.8, 4) is 0 Å². The third-order valence-electron chi connectivity index (χ3n) is 6.99. The van der Waals surface area contributed by atoms with Crippen LogP contribution in [0.1, 0.15) is 44.1 Å². The molecule has 0 N–H and O–H groups in total. The molecule has 2 bridgehead atoms. The van der Waals surface area contributed by atoms with E-state index in [1.807, 2.05) is 0 Å². The average molecular weight is 322 g/mol. The van der Waals surface area contributed by atoms with Gasteiger partial charge in [0.2, 0.25) is 0 Å². The highest BCUT2D eigenvalue weighted by Crippen LogP contribution is 2.45. The Hall–Kier alpha value is -1.12. The summed E-state index contributed by atoms with van der Waals surface area (Å²) in [5.41, 5.74) is 3.27. The van der Waals surface area contributed by atoms with Gasteiger partial charge in [-0.1, -0.05) is 48.4 Å². The van der Waals surface area contributed by atoms with E-state index in [-0.39, 0.29) is 0 Å². The van der Waals surface area contributed by atoms with Crippen LogP contribution < -0.4 is 0 Å². The summed E-state index contributed by atoms with van der Waals surface area (Å²) in [6, 6.07) is 12.7. The summed E-state index contributed by atoms with van der Waals surface area (Å²) >= 11 is 0. The third-order valence-corrected chi connectivity index (χ3v) is 6.99. The van der Waals surface area contributed by atoms with Gasteiger partial charge < -0.3 is 0 Å². The lowest BCUT2D eigenvalue weighted by molar-refractivity contribution is -0.00264. The second kappa shape index (κ2) is 6.31. The van der Waals surface area contributed by atoms with E-state index in [0.717, 1.165) is 30.5 Å². The molecule has 3 aliphatic heterocycles. The molecule has 0 aromatic heterocycles. The zero-order valence-corrected chi connectivity index (χ0v) is 14.7. The molecule has 0 amide bonds. The third kappa shape index (κ3) is 2.64. The topological polar surface area (TPSA) is 6.48 Å². The molecule has 0 radical (unpaired) electrons. The van der Waals surface area contributed by atoms with E-state index in [4.69, 9.17) is 0 Å². The van der Waals surface area contributed by atoms with Crippen LogP contribution in [0, 0.1) is 11.8 Å². The highest BCUT2D eigenvalue weighted by Gasteiger charge is 2.45. The minimum Gasteiger partial charge on any atom is -0.299 e. The van der Waals surface area contributed by atoms with E-state index in [1.54, 1.807) is 5.57 Å². The van der Waals surface area contributed by atoms with Crippen LogP contribution in [0.15, 0.2) is 42.0 Å². The van der Waals surface area contributed by atoms with Crippen molar-refractivity contribution in [3.05, 3.63) is 47.5 Å². The van der Waals surface area contributed by atoms with Crippen LogP contribution >= 0.6 is 0 Å². The molecule has 128 valence electrons. The van der Waals surface area contributed by atoms with Gasteiger partial charge in [0, 0.05) is 25.2 Å². The van der Waals surface area contributed by atoms with Gasteiger partial charge in [-0.2, -0.15) is 0 Å². The predicted octanol–water partition coefficient (Wildman–Crippen LogP) is 4.08.